The number of amides is 2. The molecule has 0 radical (unpaired) electrons. The average Bonchev–Trinajstić information content (AvgIpc) is 3.39. The third-order valence-corrected chi connectivity index (χ3v) is 3.94. The fourth-order valence-electron chi connectivity index (χ4n) is 2.64. The molecule has 0 aromatic heterocycles. The largest absolute Gasteiger partial charge is 0.320 e. The molecule has 4 nitrogen and oxygen atoms in total. The first-order valence-corrected chi connectivity index (χ1v) is 7.74. The number of hydrogen-bond donors (Lipinski definition) is 1. The van der Waals surface area contributed by atoms with Gasteiger partial charge in [-0.05, 0) is 37.1 Å². The number of rotatable bonds is 4. The van der Waals surface area contributed by atoms with Gasteiger partial charge in [-0.2, -0.15) is 0 Å². The highest BCUT2D eigenvalue weighted by atomic mass is 19.2. The van der Waals surface area contributed by atoms with Crippen LogP contribution in [0.25, 0.3) is 0 Å². The van der Waals surface area contributed by atoms with Gasteiger partial charge >= 0.3 is 0 Å². The van der Waals surface area contributed by atoms with Gasteiger partial charge in [-0.1, -0.05) is 12.1 Å². The van der Waals surface area contributed by atoms with Crippen LogP contribution in [0, 0.1) is 17.5 Å². The van der Waals surface area contributed by atoms with E-state index in [4.69, 9.17) is 0 Å². The Bertz CT molecular complexity index is 850. The summed E-state index contributed by atoms with van der Waals surface area (Å²) < 4.78 is 40.1. The molecule has 1 N–H and O–H groups in total. The van der Waals surface area contributed by atoms with Gasteiger partial charge in [-0.15, -0.1) is 0 Å². The van der Waals surface area contributed by atoms with Crippen LogP contribution in [0.5, 0.6) is 0 Å². The molecular weight excluding hydrogens is 333 g/mol. The number of halogens is 3. The maximum Gasteiger partial charge on any atom is 0.258 e. The topological polar surface area (TPSA) is 49.4 Å². The number of anilines is 2. The minimum atomic E-state index is -1.70. The van der Waals surface area contributed by atoms with Crippen LogP contribution < -0.4 is 10.2 Å². The summed E-state index contributed by atoms with van der Waals surface area (Å²) >= 11 is 0. The second-order valence-corrected chi connectivity index (χ2v) is 5.81. The predicted octanol–water partition coefficient (Wildman–Crippen LogP) is 3.87. The zero-order valence-corrected chi connectivity index (χ0v) is 13.4. The highest BCUT2D eigenvalue weighted by Gasteiger charge is 2.33. The van der Waals surface area contributed by atoms with Gasteiger partial charge in [0.1, 0.15) is 0 Å². The molecule has 1 aliphatic carbocycles. The van der Waals surface area contributed by atoms with E-state index in [0.717, 1.165) is 18.9 Å². The zero-order valence-electron chi connectivity index (χ0n) is 13.4. The monoisotopic (exact) mass is 348 g/mol. The number of carbonyl (C=O) groups is 2. The second kappa shape index (κ2) is 6.58. The molecule has 0 spiro atoms. The Kier molecular flexibility index (Phi) is 4.48. The van der Waals surface area contributed by atoms with Crippen LogP contribution >= 0.6 is 0 Å². The van der Waals surface area contributed by atoms with Crippen molar-refractivity contribution in [1.29, 1.82) is 0 Å². The third-order valence-electron chi connectivity index (χ3n) is 3.94. The molecule has 0 atom stereocenters. The van der Waals surface area contributed by atoms with Gasteiger partial charge in [0.05, 0.1) is 16.9 Å². The van der Waals surface area contributed by atoms with E-state index in [1.165, 1.54) is 6.92 Å². The van der Waals surface area contributed by atoms with Gasteiger partial charge in [-0.25, -0.2) is 13.2 Å². The Hall–Kier alpha value is -2.83. The van der Waals surface area contributed by atoms with Crippen molar-refractivity contribution >= 4 is 23.2 Å². The lowest BCUT2D eigenvalue weighted by molar-refractivity contribution is -0.116. The van der Waals surface area contributed by atoms with Gasteiger partial charge in [0, 0.05) is 13.0 Å². The van der Waals surface area contributed by atoms with Crippen molar-refractivity contribution in [3.8, 4) is 0 Å². The number of nitrogens with zero attached hydrogens (tertiary/aromatic N) is 1. The summed E-state index contributed by atoms with van der Waals surface area (Å²) in [5.74, 6) is -5.73. The molecule has 2 aromatic carbocycles. The van der Waals surface area contributed by atoms with E-state index in [1.807, 2.05) is 0 Å². The lowest BCUT2D eigenvalue weighted by Gasteiger charge is -2.24. The van der Waals surface area contributed by atoms with Crippen LogP contribution in [-0.2, 0) is 4.79 Å². The van der Waals surface area contributed by atoms with Crippen LogP contribution in [0.1, 0.15) is 30.1 Å². The zero-order chi connectivity index (χ0) is 18.1. The van der Waals surface area contributed by atoms with Gasteiger partial charge in [-0.3, -0.25) is 9.59 Å². The van der Waals surface area contributed by atoms with E-state index >= 15 is 0 Å². The van der Waals surface area contributed by atoms with Gasteiger partial charge in [0.25, 0.3) is 5.91 Å². The van der Waals surface area contributed by atoms with Crippen molar-refractivity contribution in [2.75, 3.05) is 10.2 Å². The first-order valence-electron chi connectivity index (χ1n) is 7.74. The summed E-state index contributed by atoms with van der Waals surface area (Å²) in [6, 6.07) is 8.20. The molecule has 0 aliphatic heterocycles. The third kappa shape index (κ3) is 3.35. The molecule has 0 saturated heterocycles. The maximum absolute atomic E-state index is 13.8. The molecule has 25 heavy (non-hydrogen) atoms. The lowest BCUT2D eigenvalue weighted by atomic mass is 10.1. The van der Waals surface area contributed by atoms with Crippen molar-refractivity contribution in [1.82, 2.24) is 0 Å². The summed E-state index contributed by atoms with van der Waals surface area (Å²) in [7, 11) is 0. The Labute approximate surface area is 142 Å². The standard InChI is InChI=1S/C18H15F3N2O2/c1-10(24)23(11-6-7-11)15-5-3-2-4-14(15)22-18(25)12-8-9-13(19)17(21)16(12)20/h2-5,8-9,11H,6-7H2,1H3,(H,22,25). The van der Waals surface area contributed by atoms with Gasteiger partial charge in [0.15, 0.2) is 17.5 Å². The number of para-hydroxylation sites is 2. The first kappa shape index (κ1) is 17.0. The highest BCUT2D eigenvalue weighted by Crippen LogP contribution is 2.36. The van der Waals surface area contributed by atoms with E-state index in [-0.39, 0.29) is 11.9 Å². The molecule has 2 amide bonds. The number of hydrogen-bond acceptors (Lipinski definition) is 2. The molecular formula is C18H15F3N2O2. The Morgan fingerprint density at radius 2 is 1.72 bits per heavy atom. The molecule has 0 bridgehead atoms. The molecule has 0 heterocycles. The SMILES string of the molecule is CC(=O)N(c1ccccc1NC(=O)c1ccc(F)c(F)c1F)C1CC1. The van der Waals surface area contributed by atoms with Crippen molar-refractivity contribution < 1.29 is 22.8 Å². The normalized spacial score (nSPS) is 13.4. The minimum Gasteiger partial charge on any atom is -0.320 e. The summed E-state index contributed by atoms with van der Waals surface area (Å²) in [5.41, 5.74) is 0.155. The summed E-state index contributed by atoms with van der Waals surface area (Å²) in [6.07, 6.45) is 1.72. The van der Waals surface area contributed by atoms with Gasteiger partial charge < -0.3 is 10.2 Å². The smallest absolute Gasteiger partial charge is 0.258 e. The number of nitrogens with one attached hydrogen (secondary N) is 1. The quantitative estimate of drug-likeness (QED) is 0.853. The van der Waals surface area contributed by atoms with Gasteiger partial charge in [0.2, 0.25) is 5.91 Å². The van der Waals surface area contributed by atoms with Crippen LogP contribution in [-0.4, -0.2) is 17.9 Å². The van der Waals surface area contributed by atoms with Crippen LogP contribution in [0.4, 0.5) is 24.5 Å². The molecule has 1 fully saturated rings. The molecule has 130 valence electrons. The molecule has 0 unspecified atom stereocenters. The van der Waals surface area contributed by atoms with E-state index in [2.05, 4.69) is 5.32 Å². The molecule has 2 aromatic rings. The molecule has 1 aliphatic rings. The molecule has 1 saturated carbocycles. The summed E-state index contributed by atoms with van der Waals surface area (Å²) in [6.45, 7) is 1.42. The Morgan fingerprint density at radius 1 is 1.04 bits per heavy atom. The first-order chi connectivity index (χ1) is 11.9. The summed E-state index contributed by atoms with van der Waals surface area (Å²) in [5, 5.41) is 2.47. The summed E-state index contributed by atoms with van der Waals surface area (Å²) in [4.78, 5) is 25.8. The molecule has 7 heteroatoms. The minimum absolute atomic E-state index is 0.0653. The van der Waals surface area contributed by atoms with Crippen LogP contribution in [0.2, 0.25) is 0 Å². The van der Waals surface area contributed by atoms with Crippen LogP contribution in [0.15, 0.2) is 36.4 Å². The Morgan fingerprint density at radius 3 is 2.36 bits per heavy atom. The predicted molar refractivity (Wildman–Crippen MR) is 86.9 cm³/mol. The van der Waals surface area contributed by atoms with Crippen molar-refractivity contribution in [3.63, 3.8) is 0 Å². The lowest BCUT2D eigenvalue weighted by Crippen LogP contribution is -2.31. The van der Waals surface area contributed by atoms with E-state index in [1.54, 1.807) is 29.2 Å². The number of carbonyl (C=O) groups excluding carboxylic acids is 2. The Balaban J connectivity index is 1.92. The number of benzene rings is 2. The fourth-order valence-corrected chi connectivity index (χ4v) is 2.64. The van der Waals surface area contributed by atoms with E-state index < -0.39 is 28.9 Å². The molecule has 3 rings (SSSR count). The van der Waals surface area contributed by atoms with Crippen molar-refractivity contribution in [2.24, 2.45) is 0 Å². The van der Waals surface area contributed by atoms with E-state index in [9.17, 15) is 22.8 Å². The van der Waals surface area contributed by atoms with Crippen molar-refractivity contribution in [3.05, 3.63) is 59.4 Å². The fraction of sp³-hybridized carbons (Fsp3) is 0.222. The van der Waals surface area contributed by atoms with Crippen molar-refractivity contribution in [2.45, 2.75) is 25.8 Å². The highest BCUT2D eigenvalue weighted by molar-refractivity contribution is 6.07. The second-order valence-electron chi connectivity index (χ2n) is 5.81. The maximum atomic E-state index is 13.8. The average molecular weight is 348 g/mol. The van der Waals surface area contributed by atoms with Crippen LogP contribution in [0.3, 0.4) is 0 Å². The van der Waals surface area contributed by atoms with E-state index in [0.29, 0.717) is 17.4 Å².